The van der Waals surface area contributed by atoms with Gasteiger partial charge in [-0.25, -0.2) is 4.39 Å². The Labute approximate surface area is 175 Å². The van der Waals surface area contributed by atoms with Crippen LogP contribution in [0.3, 0.4) is 0 Å². The number of aromatic nitrogens is 1. The molecule has 0 amide bonds. The van der Waals surface area contributed by atoms with Crippen LogP contribution in [0.1, 0.15) is 68.3 Å². The lowest BCUT2D eigenvalue weighted by molar-refractivity contribution is -0.139. The molecule has 30 heavy (non-hydrogen) atoms. The van der Waals surface area contributed by atoms with Gasteiger partial charge >= 0.3 is 5.97 Å². The summed E-state index contributed by atoms with van der Waals surface area (Å²) in [6.45, 7) is 4.12. The third-order valence-electron chi connectivity index (χ3n) is 5.05. The molecule has 0 bridgehead atoms. The van der Waals surface area contributed by atoms with E-state index in [4.69, 9.17) is 10.1 Å². The van der Waals surface area contributed by atoms with E-state index in [2.05, 4.69) is 25.7 Å². The van der Waals surface area contributed by atoms with Gasteiger partial charge in [0.15, 0.2) is 0 Å². The second-order valence-electron chi connectivity index (χ2n) is 8.06. The van der Waals surface area contributed by atoms with Crippen molar-refractivity contribution in [2.24, 2.45) is 0 Å². The van der Waals surface area contributed by atoms with E-state index in [0.29, 0.717) is 11.5 Å². The smallest absolute Gasteiger partial charge is 0.305 e. The average molecular weight is 411 g/mol. The molecule has 1 aromatic carbocycles. The van der Waals surface area contributed by atoms with Gasteiger partial charge in [0, 0.05) is 23.6 Å². The van der Waals surface area contributed by atoms with Crippen LogP contribution in [0.25, 0.3) is 11.1 Å². The summed E-state index contributed by atoms with van der Waals surface area (Å²) in [6, 6.07) is 8.15. The van der Waals surface area contributed by atoms with Gasteiger partial charge in [-0.05, 0) is 42.5 Å². The molecule has 0 saturated heterocycles. The van der Waals surface area contributed by atoms with Crippen molar-refractivity contribution in [1.82, 2.24) is 4.98 Å². The molecule has 0 aliphatic heterocycles. The molecule has 3 N–H and O–H groups in total. The molecule has 3 rings (SSSR count). The summed E-state index contributed by atoms with van der Waals surface area (Å²) in [6.07, 6.45) is -0.901. The lowest BCUT2D eigenvalue weighted by Crippen LogP contribution is -2.19. The molecule has 5 nitrogen and oxygen atoms in total. The van der Waals surface area contributed by atoms with Crippen LogP contribution in [0.5, 0.6) is 0 Å². The highest BCUT2D eigenvalue weighted by atomic mass is 19.1. The van der Waals surface area contributed by atoms with E-state index < -0.39 is 24.6 Å². The molecule has 2 atom stereocenters. The van der Waals surface area contributed by atoms with Crippen LogP contribution >= 0.6 is 0 Å². The highest BCUT2D eigenvalue weighted by molar-refractivity contribution is 5.73. The number of hydrogen-bond acceptors (Lipinski definition) is 4. The van der Waals surface area contributed by atoms with Gasteiger partial charge in [0.05, 0.1) is 23.8 Å². The predicted molar refractivity (Wildman–Crippen MR) is 111 cm³/mol. The van der Waals surface area contributed by atoms with Gasteiger partial charge in [0.1, 0.15) is 11.9 Å². The Balaban J connectivity index is 2.02. The van der Waals surface area contributed by atoms with Crippen LogP contribution in [0, 0.1) is 17.7 Å². The van der Waals surface area contributed by atoms with Crippen molar-refractivity contribution in [3.8, 4) is 23.0 Å². The monoisotopic (exact) mass is 411 g/mol. The van der Waals surface area contributed by atoms with Gasteiger partial charge in [-0.2, -0.15) is 0 Å². The first-order valence-corrected chi connectivity index (χ1v) is 10.1. The number of aliphatic hydroxyl groups excluding tert-OH is 2. The van der Waals surface area contributed by atoms with E-state index in [1.165, 1.54) is 12.1 Å². The molecule has 158 valence electrons. The Morgan fingerprint density at radius 1 is 1.23 bits per heavy atom. The van der Waals surface area contributed by atoms with Gasteiger partial charge in [0.25, 0.3) is 0 Å². The molecular formula is C24H26FNO4. The van der Waals surface area contributed by atoms with Crippen LogP contribution < -0.4 is 0 Å². The van der Waals surface area contributed by atoms with Gasteiger partial charge in [-0.3, -0.25) is 9.78 Å². The minimum atomic E-state index is -1.17. The number of carboxylic acids is 1. The fourth-order valence-electron chi connectivity index (χ4n) is 3.28. The second kappa shape index (κ2) is 9.38. The van der Waals surface area contributed by atoms with E-state index in [0.717, 1.165) is 35.4 Å². The van der Waals surface area contributed by atoms with Gasteiger partial charge < -0.3 is 15.3 Å². The molecule has 0 spiro atoms. The summed E-state index contributed by atoms with van der Waals surface area (Å²) in [5.41, 5.74) is 4.15. The quantitative estimate of drug-likeness (QED) is 0.603. The maximum Gasteiger partial charge on any atom is 0.305 e. The van der Waals surface area contributed by atoms with Crippen molar-refractivity contribution in [3.05, 3.63) is 53.1 Å². The standard InChI is InChI=1S/C24H26FNO4/c1-14(2)22-13-21(15-5-7-17(25)8-6-15)20(24(26-22)16-3-4-16)10-9-18(27)11-19(28)12-23(29)30/h5-8,13-14,16,18-19,27-28H,3-4,11-12H2,1-2H3,(H,29,30)/t18-,19-/m1/s1. The highest BCUT2D eigenvalue weighted by Crippen LogP contribution is 2.43. The van der Waals surface area contributed by atoms with Gasteiger partial charge in [0.2, 0.25) is 0 Å². The summed E-state index contributed by atoms with van der Waals surface area (Å²) in [7, 11) is 0. The van der Waals surface area contributed by atoms with Crippen molar-refractivity contribution in [2.75, 3.05) is 0 Å². The Morgan fingerprint density at radius 2 is 1.90 bits per heavy atom. The van der Waals surface area contributed by atoms with E-state index >= 15 is 0 Å². The lowest BCUT2D eigenvalue weighted by Gasteiger charge is -2.15. The first-order valence-electron chi connectivity index (χ1n) is 10.1. The van der Waals surface area contributed by atoms with Crippen LogP contribution in [-0.4, -0.2) is 38.5 Å². The number of aliphatic carboxylic acids is 1. The molecule has 1 aliphatic rings. The van der Waals surface area contributed by atoms with Crippen LogP contribution in [0.2, 0.25) is 0 Å². The summed E-state index contributed by atoms with van der Waals surface area (Å²) in [4.78, 5) is 15.5. The number of rotatable bonds is 7. The van der Waals surface area contributed by atoms with Gasteiger partial charge in [-0.1, -0.05) is 37.8 Å². The number of pyridine rings is 1. The molecule has 1 aliphatic carbocycles. The molecular weight excluding hydrogens is 385 g/mol. The summed E-state index contributed by atoms with van der Waals surface area (Å²) in [5, 5.41) is 28.7. The highest BCUT2D eigenvalue weighted by Gasteiger charge is 2.30. The maximum atomic E-state index is 13.5. The molecule has 1 saturated carbocycles. The molecule has 1 fully saturated rings. The third-order valence-corrected chi connectivity index (χ3v) is 5.05. The van der Waals surface area contributed by atoms with E-state index in [1.807, 2.05) is 6.07 Å². The number of carboxylic acid groups (broad SMARTS) is 1. The molecule has 6 heteroatoms. The zero-order chi connectivity index (χ0) is 21.8. The average Bonchev–Trinajstić information content (AvgIpc) is 3.50. The first-order chi connectivity index (χ1) is 14.2. The molecule has 2 aromatic rings. The SMILES string of the molecule is CC(C)c1cc(-c2ccc(F)cc2)c(C#C[C@@H](O)C[C@@H](O)CC(=O)O)c(C2CC2)n1. The predicted octanol–water partition coefficient (Wildman–Crippen LogP) is 3.83. The van der Waals surface area contributed by atoms with Crippen molar-refractivity contribution < 1.29 is 24.5 Å². The van der Waals surface area contributed by atoms with Crippen molar-refractivity contribution in [1.29, 1.82) is 0 Å². The number of carbonyl (C=O) groups is 1. The normalized spacial score (nSPS) is 15.4. The van der Waals surface area contributed by atoms with Crippen LogP contribution in [0.4, 0.5) is 4.39 Å². The second-order valence-corrected chi connectivity index (χ2v) is 8.06. The number of nitrogens with zero attached hydrogens (tertiary/aromatic N) is 1. The van der Waals surface area contributed by atoms with Crippen molar-refractivity contribution in [2.45, 2.75) is 63.6 Å². The zero-order valence-electron chi connectivity index (χ0n) is 17.1. The lowest BCUT2D eigenvalue weighted by atomic mass is 9.94. The summed E-state index contributed by atoms with van der Waals surface area (Å²) >= 11 is 0. The maximum absolute atomic E-state index is 13.5. The summed E-state index contributed by atoms with van der Waals surface area (Å²) in [5.74, 6) is 4.82. The Bertz CT molecular complexity index is 971. The van der Waals surface area contributed by atoms with E-state index in [9.17, 15) is 19.4 Å². The molecule has 0 radical (unpaired) electrons. The largest absolute Gasteiger partial charge is 0.481 e. The minimum Gasteiger partial charge on any atom is -0.481 e. The topological polar surface area (TPSA) is 90.7 Å². The number of halogens is 1. The van der Waals surface area contributed by atoms with Crippen molar-refractivity contribution in [3.63, 3.8) is 0 Å². The zero-order valence-corrected chi connectivity index (χ0v) is 17.1. The molecule has 1 aromatic heterocycles. The number of hydrogen-bond donors (Lipinski definition) is 3. The minimum absolute atomic E-state index is 0.151. The number of benzene rings is 1. The summed E-state index contributed by atoms with van der Waals surface area (Å²) < 4.78 is 13.5. The van der Waals surface area contributed by atoms with Crippen LogP contribution in [0.15, 0.2) is 30.3 Å². The number of aliphatic hydroxyl groups is 2. The van der Waals surface area contributed by atoms with E-state index in [1.54, 1.807) is 12.1 Å². The van der Waals surface area contributed by atoms with Gasteiger partial charge in [-0.15, -0.1) is 0 Å². The van der Waals surface area contributed by atoms with E-state index in [-0.39, 0.29) is 18.2 Å². The molecule has 1 heterocycles. The Kier molecular flexibility index (Phi) is 6.86. The Hall–Kier alpha value is -2.75. The Morgan fingerprint density at radius 3 is 2.47 bits per heavy atom. The fraction of sp³-hybridized carbons (Fsp3) is 0.417. The van der Waals surface area contributed by atoms with Crippen LogP contribution in [-0.2, 0) is 4.79 Å². The molecule has 0 unspecified atom stereocenters. The first kappa shape index (κ1) is 21.9. The fourth-order valence-corrected chi connectivity index (χ4v) is 3.28. The van der Waals surface area contributed by atoms with Crippen molar-refractivity contribution >= 4 is 5.97 Å². The third kappa shape index (κ3) is 5.65.